The lowest BCUT2D eigenvalue weighted by molar-refractivity contribution is -0.115. The fourth-order valence-electron chi connectivity index (χ4n) is 1.56. The van der Waals surface area contributed by atoms with Crippen LogP contribution in [0.25, 0.3) is 0 Å². The minimum Gasteiger partial charge on any atom is -0.360 e. The standard InChI is InChI=1S/C14H15N5OS2/c1-3-16-13-18-19-14(22-13)21-9(2)12(20)17-11-6-4-10(8-15)5-7-11/h4-7,9H,3H2,1-2H3,(H,16,18)(H,17,20)/t9-/m1/s1. The Morgan fingerprint density at radius 1 is 1.41 bits per heavy atom. The summed E-state index contributed by atoms with van der Waals surface area (Å²) in [6.07, 6.45) is 0. The van der Waals surface area contributed by atoms with Crippen molar-refractivity contribution in [2.24, 2.45) is 0 Å². The van der Waals surface area contributed by atoms with Gasteiger partial charge in [0, 0.05) is 12.2 Å². The number of amides is 1. The number of thioether (sulfide) groups is 1. The van der Waals surface area contributed by atoms with E-state index in [9.17, 15) is 4.79 Å². The molecule has 8 heteroatoms. The quantitative estimate of drug-likeness (QED) is 0.790. The molecule has 114 valence electrons. The van der Waals surface area contributed by atoms with Gasteiger partial charge in [0.2, 0.25) is 11.0 Å². The van der Waals surface area contributed by atoms with E-state index in [1.165, 1.54) is 23.1 Å². The van der Waals surface area contributed by atoms with Crippen LogP contribution >= 0.6 is 23.1 Å². The van der Waals surface area contributed by atoms with E-state index in [1.807, 2.05) is 19.9 Å². The molecule has 6 nitrogen and oxygen atoms in total. The lowest BCUT2D eigenvalue weighted by Crippen LogP contribution is -2.22. The first-order chi connectivity index (χ1) is 10.6. The van der Waals surface area contributed by atoms with Crippen molar-refractivity contribution in [3.63, 3.8) is 0 Å². The van der Waals surface area contributed by atoms with E-state index in [-0.39, 0.29) is 11.2 Å². The number of carbonyl (C=O) groups is 1. The van der Waals surface area contributed by atoms with E-state index in [1.54, 1.807) is 24.3 Å². The summed E-state index contributed by atoms with van der Waals surface area (Å²) in [5.74, 6) is -0.116. The predicted octanol–water partition coefficient (Wildman–Crippen LogP) is 2.96. The van der Waals surface area contributed by atoms with Crippen LogP contribution in [0.1, 0.15) is 19.4 Å². The summed E-state index contributed by atoms with van der Waals surface area (Å²) in [4.78, 5) is 12.1. The number of nitriles is 1. The summed E-state index contributed by atoms with van der Waals surface area (Å²) < 4.78 is 0.749. The second kappa shape index (κ2) is 7.77. The fraction of sp³-hybridized carbons (Fsp3) is 0.286. The van der Waals surface area contributed by atoms with E-state index in [2.05, 4.69) is 20.8 Å². The zero-order chi connectivity index (χ0) is 15.9. The molecule has 2 rings (SSSR count). The summed E-state index contributed by atoms with van der Waals surface area (Å²) in [5, 5.41) is 23.1. The Morgan fingerprint density at radius 3 is 2.77 bits per heavy atom. The highest BCUT2D eigenvalue weighted by molar-refractivity contribution is 8.02. The molecule has 1 heterocycles. The minimum absolute atomic E-state index is 0.116. The van der Waals surface area contributed by atoms with Gasteiger partial charge in [-0.05, 0) is 38.1 Å². The predicted molar refractivity (Wildman–Crippen MR) is 89.2 cm³/mol. The molecule has 0 aliphatic carbocycles. The van der Waals surface area contributed by atoms with Gasteiger partial charge in [-0.15, -0.1) is 10.2 Å². The third kappa shape index (κ3) is 4.44. The van der Waals surface area contributed by atoms with Crippen LogP contribution < -0.4 is 10.6 Å². The van der Waals surface area contributed by atoms with E-state index >= 15 is 0 Å². The second-order valence-electron chi connectivity index (χ2n) is 4.34. The van der Waals surface area contributed by atoms with Gasteiger partial charge in [-0.2, -0.15) is 5.26 Å². The molecule has 0 saturated carbocycles. The number of carbonyl (C=O) groups excluding carboxylic acids is 1. The molecule has 22 heavy (non-hydrogen) atoms. The van der Waals surface area contributed by atoms with Gasteiger partial charge < -0.3 is 10.6 Å². The smallest absolute Gasteiger partial charge is 0.237 e. The van der Waals surface area contributed by atoms with Gasteiger partial charge in [0.1, 0.15) is 0 Å². The number of hydrogen-bond acceptors (Lipinski definition) is 7. The summed E-state index contributed by atoms with van der Waals surface area (Å²) in [5.41, 5.74) is 1.23. The highest BCUT2D eigenvalue weighted by Gasteiger charge is 2.17. The summed E-state index contributed by atoms with van der Waals surface area (Å²) in [7, 11) is 0. The molecule has 2 aromatic rings. The molecule has 0 aliphatic heterocycles. The van der Waals surface area contributed by atoms with Crippen LogP contribution in [0.2, 0.25) is 0 Å². The molecule has 2 N–H and O–H groups in total. The van der Waals surface area contributed by atoms with Gasteiger partial charge in [0.25, 0.3) is 0 Å². The van der Waals surface area contributed by atoms with Gasteiger partial charge in [-0.3, -0.25) is 4.79 Å². The lowest BCUT2D eigenvalue weighted by atomic mass is 10.2. The number of nitrogens with zero attached hydrogens (tertiary/aromatic N) is 3. The zero-order valence-corrected chi connectivity index (χ0v) is 13.8. The molecular weight excluding hydrogens is 318 g/mol. The molecule has 0 saturated heterocycles. The number of benzene rings is 1. The molecule has 0 unspecified atom stereocenters. The third-order valence-corrected chi connectivity index (χ3v) is 4.73. The van der Waals surface area contributed by atoms with Crippen molar-refractivity contribution in [2.45, 2.75) is 23.4 Å². The van der Waals surface area contributed by atoms with Gasteiger partial charge >= 0.3 is 0 Å². The Morgan fingerprint density at radius 2 is 2.14 bits per heavy atom. The highest BCUT2D eigenvalue weighted by Crippen LogP contribution is 2.29. The van der Waals surface area contributed by atoms with Gasteiger partial charge in [0.15, 0.2) is 4.34 Å². The number of anilines is 2. The fourth-order valence-corrected chi connectivity index (χ4v) is 3.52. The van der Waals surface area contributed by atoms with Crippen LogP contribution in [-0.4, -0.2) is 27.9 Å². The van der Waals surface area contributed by atoms with Gasteiger partial charge in [0.05, 0.1) is 16.9 Å². The molecule has 1 amide bonds. The molecule has 1 aromatic heterocycles. The Balaban J connectivity index is 1.91. The molecule has 0 fully saturated rings. The SMILES string of the molecule is CCNc1nnc(S[C@H](C)C(=O)Nc2ccc(C#N)cc2)s1. The minimum atomic E-state index is -0.293. The van der Waals surface area contributed by atoms with E-state index < -0.39 is 0 Å². The molecule has 0 radical (unpaired) electrons. The van der Waals surface area contributed by atoms with Crippen LogP contribution in [0, 0.1) is 11.3 Å². The van der Waals surface area contributed by atoms with Crippen molar-refractivity contribution in [1.29, 1.82) is 5.26 Å². The first-order valence-corrected chi connectivity index (χ1v) is 8.37. The summed E-state index contributed by atoms with van der Waals surface area (Å²) in [6, 6.07) is 8.79. The number of aromatic nitrogens is 2. The van der Waals surface area contributed by atoms with Crippen molar-refractivity contribution in [3.05, 3.63) is 29.8 Å². The average molecular weight is 333 g/mol. The molecule has 1 atom stereocenters. The Hall–Kier alpha value is -2.11. The van der Waals surface area contributed by atoms with E-state index in [0.717, 1.165) is 16.0 Å². The Labute approximate surface area is 137 Å². The van der Waals surface area contributed by atoms with Crippen LogP contribution in [0.15, 0.2) is 28.6 Å². The number of nitrogens with one attached hydrogen (secondary N) is 2. The number of hydrogen-bond donors (Lipinski definition) is 2. The first-order valence-electron chi connectivity index (χ1n) is 6.67. The van der Waals surface area contributed by atoms with Crippen LogP contribution in [0.3, 0.4) is 0 Å². The van der Waals surface area contributed by atoms with Crippen molar-refractivity contribution in [2.75, 3.05) is 17.2 Å². The maximum Gasteiger partial charge on any atom is 0.237 e. The topological polar surface area (TPSA) is 90.7 Å². The average Bonchev–Trinajstić information content (AvgIpc) is 2.95. The van der Waals surface area contributed by atoms with Crippen molar-refractivity contribution in [1.82, 2.24) is 10.2 Å². The highest BCUT2D eigenvalue weighted by atomic mass is 32.2. The summed E-state index contributed by atoms with van der Waals surface area (Å²) >= 11 is 2.79. The first kappa shape index (κ1) is 16.3. The van der Waals surface area contributed by atoms with E-state index in [0.29, 0.717) is 11.3 Å². The van der Waals surface area contributed by atoms with Crippen LogP contribution in [0.5, 0.6) is 0 Å². The zero-order valence-electron chi connectivity index (χ0n) is 12.2. The van der Waals surface area contributed by atoms with Gasteiger partial charge in [-0.25, -0.2) is 0 Å². The maximum absolute atomic E-state index is 12.1. The van der Waals surface area contributed by atoms with Crippen molar-refractivity contribution >= 4 is 39.8 Å². The largest absolute Gasteiger partial charge is 0.360 e. The maximum atomic E-state index is 12.1. The molecular formula is C14H15N5OS2. The monoisotopic (exact) mass is 333 g/mol. The number of rotatable bonds is 6. The molecule has 0 bridgehead atoms. The van der Waals surface area contributed by atoms with Gasteiger partial charge in [-0.1, -0.05) is 23.1 Å². The Bertz CT molecular complexity index is 677. The van der Waals surface area contributed by atoms with Crippen LogP contribution in [0.4, 0.5) is 10.8 Å². The molecule has 1 aromatic carbocycles. The van der Waals surface area contributed by atoms with Crippen molar-refractivity contribution in [3.8, 4) is 6.07 Å². The second-order valence-corrected chi connectivity index (χ2v) is 6.91. The van der Waals surface area contributed by atoms with Crippen molar-refractivity contribution < 1.29 is 4.79 Å². The molecule has 0 spiro atoms. The van der Waals surface area contributed by atoms with E-state index in [4.69, 9.17) is 5.26 Å². The Kier molecular flexibility index (Phi) is 5.75. The van der Waals surface area contributed by atoms with Crippen LogP contribution in [-0.2, 0) is 4.79 Å². The summed E-state index contributed by atoms with van der Waals surface area (Å²) in [6.45, 7) is 4.59. The normalized spacial score (nSPS) is 11.5. The third-order valence-electron chi connectivity index (χ3n) is 2.66. The molecule has 0 aliphatic rings. The lowest BCUT2D eigenvalue weighted by Gasteiger charge is -2.10.